The van der Waals surface area contributed by atoms with Gasteiger partial charge in [-0.1, -0.05) is 54.6 Å². The number of hydrogen-bond acceptors (Lipinski definition) is 5. The standard InChI is InChI=1S/C24H19NO5/c1-28-19-13-7-8-14-20(19)29-15-21(26)25-22-17-11-5-6-12-18(17)30-24(22)23(27)16-9-3-2-4-10-16/h2-14H,15H2,1H3,(H,25,26). The van der Waals surface area contributed by atoms with Gasteiger partial charge in [0, 0.05) is 10.9 Å². The molecule has 4 aromatic rings. The fourth-order valence-electron chi connectivity index (χ4n) is 3.11. The van der Waals surface area contributed by atoms with Crippen molar-refractivity contribution in [2.45, 2.75) is 0 Å². The van der Waals surface area contributed by atoms with Crippen molar-refractivity contribution in [2.75, 3.05) is 19.0 Å². The van der Waals surface area contributed by atoms with Gasteiger partial charge in [-0.05, 0) is 24.3 Å². The van der Waals surface area contributed by atoms with Crippen LogP contribution in [-0.2, 0) is 4.79 Å². The van der Waals surface area contributed by atoms with Crippen LogP contribution in [0.4, 0.5) is 5.69 Å². The third kappa shape index (κ3) is 3.89. The molecule has 1 amide bonds. The van der Waals surface area contributed by atoms with Gasteiger partial charge in [0.15, 0.2) is 23.9 Å². The molecule has 0 aliphatic carbocycles. The van der Waals surface area contributed by atoms with Crippen molar-refractivity contribution in [1.29, 1.82) is 0 Å². The smallest absolute Gasteiger partial charge is 0.262 e. The number of fused-ring (bicyclic) bond motifs is 1. The molecule has 6 heteroatoms. The Morgan fingerprint density at radius 2 is 1.53 bits per heavy atom. The van der Waals surface area contributed by atoms with Gasteiger partial charge in [0.25, 0.3) is 5.91 Å². The fraction of sp³-hybridized carbons (Fsp3) is 0.0833. The van der Waals surface area contributed by atoms with E-state index >= 15 is 0 Å². The third-order valence-electron chi connectivity index (χ3n) is 4.53. The van der Waals surface area contributed by atoms with Crippen molar-refractivity contribution in [3.63, 3.8) is 0 Å². The van der Waals surface area contributed by atoms with Gasteiger partial charge in [0.1, 0.15) is 5.58 Å². The van der Waals surface area contributed by atoms with E-state index in [0.717, 1.165) is 0 Å². The van der Waals surface area contributed by atoms with E-state index in [9.17, 15) is 9.59 Å². The second kappa shape index (κ2) is 8.53. The van der Waals surface area contributed by atoms with Crippen LogP contribution >= 0.6 is 0 Å². The lowest BCUT2D eigenvalue weighted by atomic mass is 10.1. The van der Waals surface area contributed by atoms with Crippen LogP contribution in [0.5, 0.6) is 11.5 Å². The monoisotopic (exact) mass is 401 g/mol. The minimum atomic E-state index is -0.422. The number of nitrogens with one attached hydrogen (secondary N) is 1. The Balaban J connectivity index is 1.60. The Labute approximate surface area is 173 Å². The Bertz CT molecular complexity index is 1200. The van der Waals surface area contributed by atoms with E-state index in [0.29, 0.717) is 33.7 Å². The highest BCUT2D eigenvalue weighted by Gasteiger charge is 2.23. The van der Waals surface area contributed by atoms with Gasteiger partial charge in [-0.25, -0.2) is 0 Å². The molecule has 0 saturated heterocycles. The summed E-state index contributed by atoms with van der Waals surface area (Å²) in [5, 5.41) is 3.41. The first kappa shape index (κ1) is 19.3. The zero-order chi connectivity index (χ0) is 20.9. The van der Waals surface area contributed by atoms with Crippen LogP contribution in [0.1, 0.15) is 16.1 Å². The van der Waals surface area contributed by atoms with E-state index in [4.69, 9.17) is 13.9 Å². The molecule has 0 fully saturated rings. The highest BCUT2D eigenvalue weighted by atomic mass is 16.5. The van der Waals surface area contributed by atoms with Crippen molar-refractivity contribution in [3.8, 4) is 11.5 Å². The maximum Gasteiger partial charge on any atom is 0.262 e. The highest BCUT2D eigenvalue weighted by molar-refractivity contribution is 6.17. The molecule has 0 atom stereocenters. The number of para-hydroxylation sites is 3. The summed E-state index contributed by atoms with van der Waals surface area (Å²) in [5.74, 6) is 0.321. The summed E-state index contributed by atoms with van der Waals surface area (Å²) in [6.45, 7) is -0.251. The van der Waals surface area contributed by atoms with Crippen molar-refractivity contribution < 1.29 is 23.5 Å². The molecular weight excluding hydrogens is 382 g/mol. The third-order valence-corrected chi connectivity index (χ3v) is 4.53. The molecule has 0 saturated carbocycles. The van der Waals surface area contributed by atoms with Gasteiger partial charge in [-0.3, -0.25) is 9.59 Å². The first-order chi connectivity index (χ1) is 14.7. The molecule has 0 unspecified atom stereocenters. The van der Waals surface area contributed by atoms with E-state index < -0.39 is 5.91 Å². The van der Waals surface area contributed by atoms with Crippen LogP contribution < -0.4 is 14.8 Å². The minimum absolute atomic E-state index is 0.0769. The number of carbonyl (C=O) groups is 2. The Morgan fingerprint density at radius 1 is 0.867 bits per heavy atom. The van der Waals surface area contributed by atoms with Crippen LogP contribution in [0, 0.1) is 0 Å². The molecule has 1 aromatic heterocycles. The predicted molar refractivity (Wildman–Crippen MR) is 113 cm³/mol. The van der Waals surface area contributed by atoms with Gasteiger partial charge < -0.3 is 19.2 Å². The maximum atomic E-state index is 13.0. The summed E-state index contributed by atoms with van der Waals surface area (Å²) in [6, 6.07) is 23.0. The van der Waals surface area contributed by atoms with Crippen molar-refractivity contribution >= 4 is 28.3 Å². The van der Waals surface area contributed by atoms with Crippen LogP contribution in [0.3, 0.4) is 0 Å². The summed E-state index contributed by atoms with van der Waals surface area (Å²) in [4.78, 5) is 25.6. The summed E-state index contributed by atoms with van der Waals surface area (Å²) in [6.07, 6.45) is 0. The Morgan fingerprint density at radius 3 is 2.30 bits per heavy atom. The molecule has 150 valence electrons. The Kier molecular flexibility index (Phi) is 5.48. The topological polar surface area (TPSA) is 77.8 Å². The van der Waals surface area contributed by atoms with E-state index in [1.54, 1.807) is 60.7 Å². The molecule has 0 spiro atoms. The number of hydrogen-bond donors (Lipinski definition) is 1. The maximum absolute atomic E-state index is 13.0. The number of anilines is 1. The molecule has 3 aromatic carbocycles. The van der Waals surface area contributed by atoms with Gasteiger partial charge in [-0.15, -0.1) is 0 Å². The average molecular weight is 401 g/mol. The molecule has 4 rings (SSSR count). The Hall–Kier alpha value is -4.06. The molecule has 0 radical (unpaired) electrons. The number of amides is 1. The number of carbonyl (C=O) groups excluding carboxylic acids is 2. The second-order valence-electron chi connectivity index (χ2n) is 6.49. The van der Waals surface area contributed by atoms with Crippen LogP contribution in [-0.4, -0.2) is 25.4 Å². The molecule has 1 N–H and O–H groups in total. The molecule has 0 aliphatic heterocycles. The number of methoxy groups -OCH3 is 1. The van der Waals surface area contributed by atoms with Gasteiger partial charge in [0.2, 0.25) is 5.78 Å². The van der Waals surface area contributed by atoms with Crippen molar-refractivity contribution in [2.24, 2.45) is 0 Å². The summed E-state index contributed by atoms with van der Waals surface area (Å²) in [5.41, 5.74) is 1.31. The summed E-state index contributed by atoms with van der Waals surface area (Å²) < 4.78 is 16.6. The number of rotatable bonds is 7. The summed E-state index contributed by atoms with van der Waals surface area (Å²) >= 11 is 0. The molecule has 30 heavy (non-hydrogen) atoms. The molecule has 6 nitrogen and oxygen atoms in total. The fourth-order valence-corrected chi connectivity index (χ4v) is 3.11. The molecule has 0 bridgehead atoms. The second-order valence-corrected chi connectivity index (χ2v) is 6.49. The van der Waals surface area contributed by atoms with Crippen LogP contribution in [0.25, 0.3) is 11.0 Å². The summed E-state index contributed by atoms with van der Waals surface area (Å²) in [7, 11) is 1.53. The SMILES string of the molecule is COc1ccccc1OCC(=O)Nc1c(C(=O)c2ccccc2)oc2ccccc12. The van der Waals surface area contributed by atoms with Crippen molar-refractivity contribution in [3.05, 3.63) is 90.2 Å². The van der Waals surface area contributed by atoms with Gasteiger partial charge in [-0.2, -0.15) is 0 Å². The minimum Gasteiger partial charge on any atom is -0.493 e. The lowest BCUT2D eigenvalue weighted by Gasteiger charge is -2.10. The highest BCUT2D eigenvalue weighted by Crippen LogP contribution is 2.32. The lowest BCUT2D eigenvalue weighted by molar-refractivity contribution is -0.118. The number of furan rings is 1. The largest absolute Gasteiger partial charge is 0.493 e. The number of ether oxygens (including phenoxy) is 2. The molecule has 1 heterocycles. The van der Waals surface area contributed by atoms with Crippen LogP contribution in [0.2, 0.25) is 0 Å². The predicted octanol–water partition coefficient (Wildman–Crippen LogP) is 4.69. The normalized spacial score (nSPS) is 10.6. The zero-order valence-electron chi connectivity index (χ0n) is 16.3. The van der Waals surface area contributed by atoms with E-state index in [-0.39, 0.29) is 18.2 Å². The zero-order valence-corrected chi connectivity index (χ0v) is 16.3. The lowest BCUT2D eigenvalue weighted by Crippen LogP contribution is -2.21. The quantitative estimate of drug-likeness (QED) is 0.455. The first-order valence-corrected chi connectivity index (χ1v) is 9.34. The van der Waals surface area contributed by atoms with Gasteiger partial charge >= 0.3 is 0 Å². The number of ketones is 1. The van der Waals surface area contributed by atoms with Crippen LogP contribution in [0.15, 0.2) is 83.3 Å². The first-order valence-electron chi connectivity index (χ1n) is 9.34. The van der Waals surface area contributed by atoms with E-state index in [2.05, 4.69) is 5.32 Å². The van der Waals surface area contributed by atoms with E-state index in [1.165, 1.54) is 7.11 Å². The van der Waals surface area contributed by atoms with Crippen molar-refractivity contribution in [1.82, 2.24) is 0 Å². The van der Waals surface area contributed by atoms with Gasteiger partial charge in [0.05, 0.1) is 12.8 Å². The van der Waals surface area contributed by atoms with E-state index in [1.807, 2.05) is 18.2 Å². The number of benzene rings is 3. The molecule has 0 aliphatic rings. The average Bonchev–Trinajstić information content (AvgIpc) is 3.16. The molecular formula is C24H19NO5.